The zero-order chi connectivity index (χ0) is 11.0. The number of carboxylic acids is 1. The van der Waals surface area contributed by atoms with Gasteiger partial charge in [-0.1, -0.05) is 11.6 Å². The molecule has 0 amide bonds. The molecule has 1 N–H and O–H groups in total. The van der Waals surface area contributed by atoms with Gasteiger partial charge in [0.15, 0.2) is 5.82 Å². The fourth-order valence-electron chi connectivity index (χ4n) is 2.06. The highest BCUT2D eigenvalue weighted by Crippen LogP contribution is 2.31. The topological polar surface area (TPSA) is 37.3 Å². The van der Waals surface area contributed by atoms with Crippen molar-refractivity contribution in [1.82, 2.24) is 0 Å². The zero-order valence-corrected chi connectivity index (χ0v) is 8.77. The van der Waals surface area contributed by atoms with Gasteiger partial charge in [-0.2, -0.15) is 0 Å². The second kappa shape index (κ2) is 3.81. The van der Waals surface area contributed by atoms with Crippen molar-refractivity contribution in [2.75, 3.05) is 0 Å². The van der Waals surface area contributed by atoms with Crippen LogP contribution in [0.2, 0.25) is 5.02 Å². The Morgan fingerprint density at radius 3 is 2.73 bits per heavy atom. The quantitative estimate of drug-likeness (QED) is 0.802. The monoisotopic (exact) mass is 228 g/mol. The molecule has 1 aromatic rings. The van der Waals surface area contributed by atoms with Crippen LogP contribution in [0.15, 0.2) is 6.07 Å². The minimum atomic E-state index is -1.23. The number of hydrogen-bond acceptors (Lipinski definition) is 1. The van der Waals surface area contributed by atoms with Crippen molar-refractivity contribution in [3.63, 3.8) is 0 Å². The molecule has 2 nitrogen and oxygen atoms in total. The summed E-state index contributed by atoms with van der Waals surface area (Å²) in [6.45, 7) is 0. The standard InChI is InChI=1S/C11H10ClFO2/c12-8-5-6-3-1-2-4-7(6)9(10(8)13)11(14)15/h5H,1-4H2,(H,14,15). The van der Waals surface area contributed by atoms with Crippen LogP contribution < -0.4 is 0 Å². The molecule has 0 aliphatic heterocycles. The SMILES string of the molecule is O=C(O)c1c(F)c(Cl)cc2c1CCCC2. The molecule has 0 fully saturated rings. The van der Waals surface area contributed by atoms with Crippen LogP contribution in [0.5, 0.6) is 0 Å². The molecule has 15 heavy (non-hydrogen) atoms. The van der Waals surface area contributed by atoms with Crippen LogP contribution in [0.4, 0.5) is 4.39 Å². The van der Waals surface area contributed by atoms with Crippen molar-refractivity contribution in [3.8, 4) is 0 Å². The van der Waals surface area contributed by atoms with Gasteiger partial charge < -0.3 is 5.11 Å². The second-order valence-electron chi connectivity index (χ2n) is 3.70. The van der Waals surface area contributed by atoms with Crippen LogP contribution >= 0.6 is 11.6 Å². The fourth-order valence-corrected chi connectivity index (χ4v) is 2.29. The normalized spacial score (nSPS) is 14.8. The lowest BCUT2D eigenvalue weighted by molar-refractivity contribution is 0.0690. The first-order valence-electron chi connectivity index (χ1n) is 4.84. The fraction of sp³-hybridized carbons (Fsp3) is 0.364. The third-order valence-corrected chi connectivity index (χ3v) is 3.03. The molecule has 0 unspecified atom stereocenters. The Morgan fingerprint density at radius 2 is 2.07 bits per heavy atom. The first kappa shape index (κ1) is 10.4. The summed E-state index contributed by atoms with van der Waals surface area (Å²) in [4.78, 5) is 10.9. The lowest BCUT2D eigenvalue weighted by atomic mass is 9.88. The van der Waals surface area contributed by atoms with E-state index in [1.54, 1.807) is 6.07 Å². The summed E-state index contributed by atoms with van der Waals surface area (Å²) in [6.07, 6.45) is 3.34. The van der Waals surface area contributed by atoms with Crippen molar-refractivity contribution in [3.05, 3.63) is 33.6 Å². The Balaban J connectivity index is 2.68. The van der Waals surface area contributed by atoms with E-state index >= 15 is 0 Å². The number of halogens is 2. The Labute approximate surface area is 91.7 Å². The first-order valence-corrected chi connectivity index (χ1v) is 5.22. The summed E-state index contributed by atoms with van der Waals surface area (Å²) in [5, 5.41) is 8.86. The van der Waals surface area contributed by atoms with E-state index in [1.165, 1.54) is 0 Å². The maximum atomic E-state index is 13.5. The van der Waals surface area contributed by atoms with Crippen LogP contribution in [0.25, 0.3) is 0 Å². The maximum absolute atomic E-state index is 13.5. The van der Waals surface area contributed by atoms with Crippen molar-refractivity contribution in [2.24, 2.45) is 0 Å². The van der Waals surface area contributed by atoms with Gasteiger partial charge >= 0.3 is 5.97 Å². The minimum Gasteiger partial charge on any atom is -0.478 e. The largest absolute Gasteiger partial charge is 0.478 e. The van der Waals surface area contributed by atoms with E-state index in [2.05, 4.69) is 0 Å². The van der Waals surface area contributed by atoms with E-state index in [-0.39, 0.29) is 10.6 Å². The average Bonchev–Trinajstić information content (AvgIpc) is 2.19. The molecule has 0 saturated carbocycles. The summed E-state index contributed by atoms with van der Waals surface area (Å²) in [5.41, 5.74) is 1.26. The summed E-state index contributed by atoms with van der Waals surface area (Å²) >= 11 is 5.66. The van der Waals surface area contributed by atoms with Crippen molar-refractivity contribution < 1.29 is 14.3 Å². The van der Waals surface area contributed by atoms with Gasteiger partial charge in [0.2, 0.25) is 0 Å². The number of aryl methyl sites for hydroxylation is 1. The zero-order valence-electron chi connectivity index (χ0n) is 8.02. The number of fused-ring (bicyclic) bond motifs is 1. The predicted molar refractivity (Wildman–Crippen MR) is 55.0 cm³/mol. The third-order valence-electron chi connectivity index (χ3n) is 2.76. The molecule has 1 aromatic carbocycles. The van der Waals surface area contributed by atoms with Gasteiger partial charge in [-0.25, -0.2) is 9.18 Å². The Kier molecular flexibility index (Phi) is 2.65. The van der Waals surface area contributed by atoms with Gasteiger partial charge in [-0.05, 0) is 42.9 Å². The number of carboxylic acid groups (broad SMARTS) is 1. The van der Waals surface area contributed by atoms with Crippen molar-refractivity contribution in [1.29, 1.82) is 0 Å². The number of carbonyl (C=O) groups is 1. The first-order chi connectivity index (χ1) is 7.11. The Morgan fingerprint density at radius 1 is 1.40 bits per heavy atom. The van der Waals surface area contributed by atoms with Gasteiger partial charge in [0, 0.05) is 0 Å². The van der Waals surface area contributed by atoms with Crippen LogP contribution in [0, 0.1) is 5.82 Å². The highest BCUT2D eigenvalue weighted by Gasteiger charge is 2.23. The lowest BCUT2D eigenvalue weighted by Gasteiger charge is -2.18. The van der Waals surface area contributed by atoms with Gasteiger partial charge in [0.25, 0.3) is 0 Å². The number of aromatic carboxylic acids is 1. The molecule has 4 heteroatoms. The molecular weight excluding hydrogens is 219 g/mol. The summed E-state index contributed by atoms with van der Waals surface area (Å²) < 4.78 is 13.5. The molecule has 0 aromatic heterocycles. The van der Waals surface area contributed by atoms with Gasteiger partial charge in [-0.15, -0.1) is 0 Å². The van der Waals surface area contributed by atoms with Crippen LogP contribution in [0.3, 0.4) is 0 Å². The lowest BCUT2D eigenvalue weighted by Crippen LogP contribution is -2.13. The number of rotatable bonds is 1. The van der Waals surface area contributed by atoms with Crippen LogP contribution in [-0.4, -0.2) is 11.1 Å². The van der Waals surface area contributed by atoms with E-state index in [0.29, 0.717) is 12.0 Å². The number of hydrogen-bond donors (Lipinski definition) is 1. The van der Waals surface area contributed by atoms with Crippen LogP contribution in [-0.2, 0) is 12.8 Å². The van der Waals surface area contributed by atoms with E-state index in [9.17, 15) is 9.18 Å². The van der Waals surface area contributed by atoms with Crippen molar-refractivity contribution >= 4 is 17.6 Å². The maximum Gasteiger partial charge on any atom is 0.339 e. The van der Waals surface area contributed by atoms with E-state index in [1.807, 2.05) is 0 Å². The van der Waals surface area contributed by atoms with Gasteiger partial charge in [0.1, 0.15) is 5.56 Å². The van der Waals surface area contributed by atoms with Crippen molar-refractivity contribution in [2.45, 2.75) is 25.7 Å². The van der Waals surface area contributed by atoms with E-state index in [0.717, 1.165) is 24.8 Å². The molecule has 0 bridgehead atoms. The molecule has 1 aliphatic carbocycles. The molecule has 80 valence electrons. The molecule has 0 heterocycles. The number of benzene rings is 1. The highest BCUT2D eigenvalue weighted by atomic mass is 35.5. The second-order valence-corrected chi connectivity index (χ2v) is 4.10. The molecule has 0 saturated heterocycles. The third kappa shape index (κ3) is 1.72. The highest BCUT2D eigenvalue weighted by molar-refractivity contribution is 6.31. The van der Waals surface area contributed by atoms with E-state index in [4.69, 9.17) is 16.7 Å². The Bertz CT molecular complexity index is 429. The average molecular weight is 229 g/mol. The van der Waals surface area contributed by atoms with Gasteiger partial charge in [0.05, 0.1) is 5.02 Å². The summed E-state index contributed by atoms with van der Waals surface area (Å²) in [6, 6.07) is 1.55. The molecule has 2 rings (SSSR count). The molecule has 0 radical (unpaired) electrons. The molecular formula is C11H10ClFO2. The summed E-state index contributed by atoms with van der Waals surface area (Å²) in [5.74, 6) is -2.03. The Hall–Kier alpha value is -1.09. The predicted octanol–water partition coefficient (Wildman–Crippen LogP) is 3.06. The summed E-state index contributed by atoms with van der Waals surface area (Å²) in [7, 11) is 0. The smallest absolute Gasteiger partial charge is 0.339 e. The molecule has 0 atom stereocenters. The van der Waals surface area contributed by atoms with E-state index < -0.39 is 11.8 Å². The molecule has 1 aliphatic rings. The van der Waals surface area contributed by atoms with Crippen LogP contribution in [0.1, 0.15) is 34.3 Å². The van der Waals surface area contributed by atoms with Gasteiger partial charge in [-0.3, -0.25) is 0 Å². The minimum absolute atomic E-state index is 0.0898. The molecule has 0 spiro atoms.